The van der Waals surface area contributed by atoms with Gasteiger partial charge in [0.05, 0.1) is 0 Å². The molecule has 0 aliphatic heterocycles. The molecule has 0 aliphatic carbocycles. The van der Waals surface area contributed by atoms with E-state index in [0.717, 1.165) is 0 Å². The van der Waals surface area contributed by atoms with Crippen LogP contribution in [0.4, 0.5) is 0 Å². The number of hydrogen-bond acceptors (Lipinski definition) is 3. The fraction of sp³-hybridized carbons (Fsp3) is 0.250. The van der Waals surface area contributed by atoms with Crippen LogP contribution in [0.5, 0.6) is 0 Å². The van der Waals surface area contributed by atoms with E-state index >= 15 is 0 Å². The van der Waals surface area contributed by atoms with E-state index in [1.165, 1.54) is 17.3 Å². The lowest BCUT2D eigenvalue weighted by Gasteiger charge is -1.89. The van der Waals surface area contributed by atoms with Gasteiger partial charge < -0.3 is 5.11 Å². The van der Waals surface area contributed by atoms with Crippen LogP contribution in [0, 0.1) is 0 Å². The lowest BCUT2D eigenvalue weighted by molar-refractivity contribution is -0.137. The second-order valence-corrected chi connectivity index (χ2v) is 1.49. The van der Waals surface area contributed by atoms with Gasteiger partial charge in [-0.25, -0.2) is 9.67 Å². The maximum atomic E-state index is 9.98. The topological polar surface area (TPSA) is 68.0 Å². The lowest BCUT2D eigenvalue weighted by atomic mass is 11.5. The number of carboxylic acid groups (broad SMARTS) is 1. The number of carbonyl (C=O) groups is 1. The van der Waals surface area contributed by atoms with Crippen molar-refractivity contribution in [3.8, 4) is 0 Å². The highest BCUT2D eigenvalue weighted by Crippen LogP contribution is 1.77. The first-order valence-corrected chi connectivity index (χ1v) is 2.33. The van der Waals surface area contributed by atoms with E-state index in [1.807, 2.05) is 0 Å². The van der Waals surface area contributed by atoms with Gasteiger partial charge in [0, 0.05) is 0 Å². The Morgan fingerprint density at radius 1 is 1.78 bits per heavy atom. The van der Waals surface area contributed by atoms with Gasteiger partial charge in [-0.3, -0.25) is 4.79 Å². The number of aromatic nitrogens is 3. The molecule has 1 N–H and O–H groups in total. The Balaban J connectivity index is 2.58. The molecule has 0 aromatic carbocycles. The van der Waals surface area contributed by atoms with E-state index in [0.29, 0.717) is 0 Å². The van der Waals surface area contributed by atoms with Crippen molar-refractivity contribution in [3.05, 3.63) is 12.7 Å². The van der Waals surface area contributed by atoms with Gasteiger partial charge in [-0.15, -0.1) is 0 Å². The average molecular weight is 131 g/mol. The number of nitrogens with zero attached hydrogens (tertiary/aromatic N) is 3. The minimum Gasteiger partial charge on any atom is -0.480 e. The highest BCUT2D eigenvalue weighted by molar-refractivity contribution is 5.66. The van der Waals surface area contributed by atoms with Crippen molar-refractivity contribution in [3.63, 3.8) is 0 Å². The molecule has 0 fully saturated rings. The second kappa shape index (κ2) is 2.25. The van der Waals surface area contributed by atoms with Crippen LogP contribution >= 0.6 is 0 Å². The Kier molecular flexibility index (Phi) is 1.44. The zero-order valence-corrected chi connectivity index (χ0v) is 4.56. The van der Waals surface area contributed by atoms with E-state index < -0.39 is 5.97 Å². The van der Waals surface area contributed by atoms with Gasteiger partial charge >= 0.3 is 5.97 Å². The molecule has 1 aromatic heterocycles. The van der Waals surface area contributed by atoms with Gasteiger partial charge in [0.15, 0.2) is 0 Å². The van der Waals surface area contributed by atoms with Crippen LogP contribution in [0.3, 0.4) is 0 Å². The maximum Gasteiger partial charge on any atom is 0.325 e. The molecular formula is C4H5N3O2. The van der Waals surface area contributed by atoms with Crippen molar-refractivity contribution in [2.24, 2.45) is 0 Å². The summed E-state index contributed by atoms with van der Waals surface area (Å²) in [6.45, 7) is -0.125. The monoisotopic (exact) mass is 131 g/mol. The highest BCUT2D eigenvalue weighted by atomic mass is 16.5. The zero-order valence-electron chi connectivity index (χ0n) is 4.56. The summed E-state index contributed by atoms with van der Waals surface area (Å²) < 4.78 is 1.24. The van der Waals surface area contributed by atoms with Crippen LogP contribution in [0.15, 0.2) is 12.7 Å². The minimum absolute atomic E-state index is 0.125. The van der Waals surface area contributed by atoms with E-state index in [1.54, 1.807) is 0 Å². The zero-order chi connectivity index (χ0) is 6.69. The average Bonchev–Trinajstić information content (AvgIpc) is 2.15. The summed E-state index contributed by atoms with van der Waals surface area (Å²) in [5, 5.41) is 11.8. The molecule has 5 nitrogen and oxygen atoms in total. The van der Waals surface area contributed by atoms with Gasteiger partial charge in [0.2, 0.25) is 0 Å². The van der Waals surface area contributed by atoms with Crippen molar-refractivity contribution >= 4 is 5.97 Å². The maximum absolute atomic E-state index is 9.98. The number of carboxylic acids is 1. The third-order valence-electron chi connectivity index (χ3n) is 0.764. The first-order valence-electron chi connectivity index (χ1n) is 2.33. The third kappa shape index (κ3) is 1.52. The van der Waals surface area contributed by atoms with Crippen molar-refractivity contribution in [2.75, 3.05) is 0 Å². The molecule has 1 rings (SSSR count). The normalized spacial score (nSPS) is 9.33. The van der Waals surface area contributed by atoms with E-state index in [2.05, 4.69) is 10.1 Å². The van der Waals surface area contributed by atoms with Crippen LogP contribution in [0.1, 0.15) is 0 Å². The molecule has 0 bridgehead atoms. The highest BCUT2D eigenvalue weighted by Gasteiger charge is 1.96. The molecule has 0 aliphatic rings. The van der Waals surface area contributed by atoms with Gasteiger partial charge in [0.1, 0.15) is 19.2 Å². The molecule has 0 amide bonds. The molecule has 1 heterocycles. The molecule has 0 radical (unpaired) electrons. The number of rotatable bonds is 2. The van der Waals surface area contributed by atoms with Crippen LogP contribution < -0.4 is 0 Å². The Labute approximate surface area is 50.9 Å². The molecule has 48 valence electrons. The molecule has 0 spiro atoms. The van der Waals surface area contributed by atoms with Crippen LogP contribution in [-0.4, -0.2) is 25.8 Å². The first kappa shape index (κ1) is 5.74. The molecule has 1 aromatic rings. The van der Waals surface area contributed by atoms with Crippen LogP contribution in [0.25, 0.3) is 0 Å². The summed E-state index contributed by atoms with van der Waals surface area (Å²) in [6.07, 6.45) is 2.65. The van der Waals surface area contributed by atoms with E-state index in [9.17, 15) is 4.79 Å². The van der Waals surface area contributed by atoms with Gasteiger partial charge in [0.25, 0.3) is 0 Å². The Hall–Kier alpha value is -1.39. The molecular weight excluding hydrogens is 126 g/mol. The van der Waals surface area contributed by atoms with Crippen LogP contribution in [-0.2, 0) is 11.3 Å². The number of aliphatic carboxylic acids is 1. The SMILES string of the molecule is O=[13C](O)[13CH2]n1[13cH]n[13cH]n1. The fourth-order valence-electron chi connectivity index (χ4n) is 0.453. The van der Waals surface area contributed by atoms with Crippen molar-refractivity contribution in [1.29, 1.82) is 0 Å². The molecule has 0 unspecified atom stereocenters. The lowest BCUT2D eigenvalue weighted by Crippen LogP contribution is -2.08. The second-order valence-electron chi connectivity index (χ2n) is 1.49. The number of hydrogen-bond donors (Lipinski definition) is 1. The summed E-state index contributed by atoms with van der Waals surface area (Å²) in [5.41, 5.74) is 0. The smallest absolute Gasteiger partial charge is 0.325 e. The summed E-state index contributed by atoms with van der Waals surface area (Å²) >= 11 is 0. The fourth-order valence-corrected chi connectivity index (χ4v) is 0.453. The predicted octanol–water partition coefficient (Wildman–Crippen LogP) is -0.637. The summed E-state index contributed by atoms with van der Waals surface area (Å²) in [5.74, 6) is -0.916. The van der Waals surface area contributed by atoms with Crippen molar-refractivity contribution in [2.45, 2.75) is 6.54 Å². The molecule has 9 heavy (non-hydrogen) atoms. The van der Waals surface area contributed by atoms with Crippen molar-refractivity contribution < 1.29 is 9.90 Å². The summed E-state index contributed by atoms with van der Waals surface area (Å²) in [4.78, 5) is 13.5. The largest absolute Gasteiger partial charge is 0.480 e. The van der Waals surface area contributed by atoms with Gasteiger partial charge in [-0.05, 0) is 0 Å². The molecule has 0 saturated carbocycles. The standard InChI is InChI=1S/C4H5N3O2/c8-4(9)1-7-3-5-2-6-7/h2-3H,1H2,(H,8,9)/i1+1,2+1,3+1,4+1. The van der Waals surface area contributed by atoms with Crippen molar-refractivity contribution in [1.82, 2.24) is 14.8 Å². The Morgan fingerprint density at radius 3 is 3.00 bits per heavy atom. The first-order chi connectivity index (χ1) is 4.29. The van der Waals surface area contributed by atoms with Gasteiger partial charge in [-0.1, -0.05) is 0 Å². The summed E-state index contributed by atoms with van der Waals surface area (Å²) in [6, 6.07) is 0. The van der Waals surface area contributed by atoms with Gasteiger partial charge in [-0.2, -0.15) is 5.10 Å². The summed E-state index contributed by atoms with van der Waals surface area (Å²) in [7, 11) is 0. The Morgan fingerprint density at radius 2 is 2.56 bits per heavy atom. The quantitative estimate of drug-likeness (QED) is 0.542. The Bertz CT molecular complexity index is 194. The molecule has 5 heteroatoms. The minimum atomic E-state index is -0.916. The van der Waals surface area contributed by atoms with E-state index in [4.69, 9.17) is 5.11 Å². The molecule has 0 atom stereocenters. The third-order valence-corrected chi connectivity index (χ3v) is 0.764. The van der Waals surface area contributed by atoms with Crippen LogP contribution in [0.2, 0.25) is 0 Å². The van der Waals surface area contributed by atoms with E-state index in [-0.39, 0.29) is 6.54 Å². The molecule has 0 saturated heterocycles. The predicted molar refractivity (Wildman–Crippen MR) is 27.7 cm³/mol.